The van der Waals surface area contributed by atoms with Gasteiger partial charge in [-0.05, 0) is 36.0 Å². The quantitative estimate of drug-likeness (QED) is 0.779. The summed E-state index contributed by atoms with van der Waals surface area (Å²) in [6.07, 6.45) is 4.21. The van der Waals surface area contributed by atoms with Gasteiger partial charge in [0, 0.05) is 11.0 Å². The van der Waals surface area contributed by atoms with E-state index in [4.69, 9.17) is 5.11 Å². The summed E-state index contributed by atoms with van der Waals surface area (Å²) in [7, 11) is 0. The van der Waals surface area contributed by atoms with E-state index >= 15 is 0 Å². The summed E-state index contributed by atoms with van der Waals surface area (Å²) in [5.74, 6) is 1.85. The van der Waals surface area contributed by atoms with Crippen molar-refractivity contribution < 1.29 is 5.11 Å². The van der Waals surface area contributed by atoms with Crippen molar-refractivity contribution in [1.82, 2.24) is 0 Å². The molecule has 0 spiro atoms. The van der Waals surface area contributed by atoms with Crippen molar-refractivity contribution in [3.63, 3.8) is 0 Å². The third-order valence-corrected chi connectivity index (χ3v) is 6.66. The van der Waals surface area contributed by atoms with Crippen LogP contribution in [0.2, 0.25) is 0 Å². The molecular formula is C12H22OS. The van der Waals surface area contributed by atoms with Gasteiger partial charge in [-0.15, -0.1) is 0 Å². The summed E-state index contributed by atoms with van der Waals surface area (Å²) < 4.78 is 0. The van der Waals surface area contributed by atoms with E-state index in [1.54, 1.807) is 0 Å². The molecule has 82 valence electrons. The highest BCUT2D eigenvalue weighted by molar-refractivity contribution is 7.99. The van der Waals surface area contributed by atoms with Gasteiger partial charge in [-0.1, -0.05) is 20.8 Å². The molecule has 0 aromatic rings. The molecule has 2 fully saturated rings. The number of hydrogen-bond acceptors (Lipinski definition) is 2. The second-order valence-corrected chi connectivity index (χ2v) is 7.00. The van der Waals surface area contributed by atoms with Crippen LogP contribution in [0.4, 0.5) is 0 Å². The van der Waals surface area contributed by atoms with Gasteiger partial charge in [-0.2, -0.15) is 11.8 Å². The van der Waals surface area contributed by atoms with Crippen molar-refractivity contribution in [2.45, 2.75) is 45.3 Å². The predicted octanol–water partition coefficient (Wildman–Crippen LogP) is 2.93. The molecule has 1 N–H and O–H groups in total. The highest BCUT2D eigenvalue weighted by atomic mass is 32.2. The summed E-state index contributed by atoms with van der Waals surface area (Å²) in [4.78, 5) is 0. The fraction of sp³-hybridized carbons (Fsp3) is 1.00. The highest BCUT2D eigenvalue weighted by Crippen LogP contribution is 2.68. The average molecular weight is 214 g/mol. The van der Waals surface area contributed by atoms with E-state index in [0.717, 1.165) is 16.9 Å². The molecule has 1 nitrogen and oxygen atoms in total. The number of thioether (sulfide) groups is 1. The fourth-order valence-electron chi connectivity index (χ4n) is 3.58. The zero-order chi connectivity index (χ0) is 10.4. The second kappa shape index (κ2) is 3.41. The van der Waals surface area contributed by atoms with E-state index in [1.807, 2.05) is 11.8 Å². The van der Waals surface area contributed by atoms with E-state index in [0.29, 0.717) is 17.4 Å². The molecule has 0 saturated heterocycles. The van der Waals surface area contributed by atoms with Gasteiger partial charge < -0.3 is 5.11 Å². The largest absolute Gasteiger partial charge is 0.396 e. The maximum Gasteiger partial charge on any atom is 0.0521 e. The lowest BCUT2D eigenvalue weighted by Crippen LogP contribution is -2.34. The van der Waals surface area contributed by atoms with Gasteiger partial charge in [0.1, 0.15) is 0 Å². The maximum atomic E-state index is 8.89. The molecule has 2 heteroatoms. The molecule has 3 atom stereocenters. The number of aliphatic hydroxyl groups excluding tert-OH is 1. The second-order valence-electron chi connectivity index (χ2n) is 5.69. The number of aliphatic hydroxyl groups is 1. The first kappa shape index (κ1) is 10.8. The zero-order valence-electron chi connectivity index (χ0n) is 9.55. The minimum atomic E-state index is 0.336. The Morgan fingerprint density at radius 2 is 2.07 bits per heavy atom. The first-order chi connectivity index (χ1) is 6.52. The van der Waals surface area contributed by atoms with Crippen LogP contribution in [0.1, 0.15) is 40.0 Å². The topological polar surface area (TPSA) is 20.2 Å². The molecule has 2 aliphatic rings. The first-order valence-corrected chi connectivity index (χ1v) is 6.80. The Morgan fingerprint density at radius 1 is 1.36 bits per heavy atom. The van der Waals surface area contributed by atoms with Crippen molar-refractivity contribution in [2.24, 2.45) is 16.7 Å². The van der Waals surface area contributed by atoms with Gasteiger partial charge in [-0.3, -0.25) is 0 Å². The van der Waals surface area contributed by atoms with Crippen LogP contribution >= 0.6 is 11.8 Å². The van der Waals surface area contributed by atoms with Crippen LogP contribution in [-0.4, -0.2) is 22.7 Å². The van der Waals surface area contributed by atoms with Crippen LogP contribution in [0.3, 0.4) is 0 Å². The van der Waals surface area contributed by atoms with Crippen molar-refractivity contribution in [1.29, 1.82) is 0 Å². The van der Waals surface area contributed by atoms with E-state index in [1.165, 1.54) is 19.3 Å². The molecule has 0 unspecified atom stereocenters. The number of fused-ring (bicyclic) bond motifs is 2. The summed E-state index contributed by atoms with van der Waals surface area (Å²) in [6.45, 7) is 7.70. The average Bonchev–Trinajstić information content (AvgIpc) is 2.46. The summed E-state index contributed by atoms with van der Waals surface area (Å²) >= 11 is 2.00. The first-order valence-electron chi connectivity index (χ1n) is 5.75. The Morgan fingerprint density at radius 3 is 2.50 bits per heavy atom. The minimum absolute atomic E-state index is 0.336. The third-order valence-electron chi connectivity index (χ3n) is 5.12. The summed E-state index contributed by atoms with van der Waals surface area (Å²) in [6, 6.07) is 0. The standard InChI is InChI=1S/C12H22OS/c1-11(2)9-4-5-12(11,3)10(8-9)14-7-6-13/h9-10,13H,4-8H2,1-3H3/t9-,10+,12-/m0/s1. The van der Waals surface area contributed by atoms with Gasteiger partial charge in [0.05, 0.1) is 6.61 Å². The number of hydrogen-bond donors (Lipinski definition) is 1. The lowest BCUT2D eigenvalue weighted by molar-refractivity contribution is 0.156. The van der Waals surface area contributed by atoms with E-state index in [9.17, 15) is 0 Å². The van der Waals surface area contributed by atoms with Gasteiger partial charge in [0.25, 0.3) is 0 Å². The maximum absolute atomic E-state index is 8.89. The Balaban J connectivity index is 2.11. The van der Waals surface area contributed by atoms with E-state index in [-0.39, 0.29) is 0 Å². The molecule has 0 heterocycles. The SMILES string of the molecule is CC1(C)[C@H]2CC[C@@]1(C)[C@H](SCCO)C2. The molecule has 0 aliphatic heterocycles. The van der Waals surface area contributed by atoms with Gasteiger partial charge in [0.2, 0.25) is 0 Å². The molecule has 0 aromatic carbocycles. The van der Waals surface area contributed by atoms with E-state index in [2.05, 4.69) is 20.8 Å². The molecule has 0 radical (unpaired) electrons. The molecule has 0 aromatic heterocycles. The van der Waals surface area contributed by atoms with Crippen LogP contribution < -0.4 is 0 Å². The van der Waals surface area contributed by atoms with Gasteiger partial charge in [-0.25, -0.2) is 0 Å². The molecule has 2 saturated carbocycles. The number of rotatable bonds is 3. The van der Waals surface area contributed by atoms with Crippen molar-refractivity contribution in [3.8, 4) is 0 Å². The van der Waals surface area contributed by atoms with Crippen LogP contribution in [0.5, 0.6) is 0 Å². The van der Waals surface area contributed by atoms with E-state index < -0.39 is 0 Å². The lowest BCUT2D eigenvalue weighted by Gasteiger charge is -2.39. The molecular weight excluding hydrogens is 192 g/mol. The predicted molar refractivity (Wildman–Crippen MR) is 62.6 cm³/mol. The molecule has 14 heavy (non-hydrogen) atoms. The molecule has 2 bridgehead atoms. The normalized spacial score (nSPS) is 44.6. The fourth-order valence-corrected chi connectivity index (χ4v) is 5.13. The monoisotopic (exact) mass is 214 g/mol. The lowest BCUT2D eigenvalue weighted by atomic mass is 9.71. The van der Waals surface area contributed by atoms with Gasteiger partial charge in [0.15, 0.2) is 0 Å². The molecule has 0 amide bonds. The van der Waals surface area contributed by atoms with Crippen LogP contribution in [-0.2, 0) is 0 Å². The highest BCUT2D eigenvalue weighted by Gasteiger charge is 2.61. The minimum Gasteiger partial charge on any atom is -0.396 e. The molecule has 2 rings (SSSR count). The smallest absolute Gasteiger partial charge is 0.0521 e. The Hall–Kier alpha value is 0.310. The van der Waals surface area contributed by atoms with Crippen LogP contribution in [0.25, 0.3) is 0 Å². The van der Waals surface area contributed by atoms with Gasteiger partial charge >= 0.3 is 0 Å². The zero-order valence-corrected chi connectivity index (χ0v) is 10.4. The third kappa shape index (κ3) is 1.26. The van der Waals surface area contributed by atoms with Crippen molar-refractivity contribution in [3.05, 3.63) is 0 Å². The Labute approximate surface area is 91.7 Å². The Kier molecular flexibility index (Phi) is 2.64. The molecule has 2 aliphatic carbocycles. The summed E-state index contributed by atoms with van der Waals surface area (Å²) in [5, 5.41) is 9.68. The Bertz CT molecular complexity index is 226. The van der Waals surface area contributed by atoms with Crippen LogP contribution in [0, 0.1) is 16.7 Å². The van der Waals surface area contributed by atoms with Crippen LogP contribution in [0.15, 0.2) is 0 Å². The van der Waals surface area contributed by atoms with Crippen molar-refractivity contribution in [2.75, 3.05) is 12.4 Å². The van der Waals surface area contributed by atoms with Crippen molar-refractivity contribution >= 4 is 11.8 Å². The summed E-state index contributed by atoms with van der Waals surface area (Å²) in [5.41, 5.74) is 1.05.